The smallest absolute Gasteiger partial charge is 0.241 e. The van der Waals surface area contributed by atoms with E-state index >= 15 is 0 Å². The van der Waals surface area contributed by atoms with Crippen LogP contribution in [0.15, 0.2) is 47.5 Å². The van der Waals surface area contributed by atoms with Gasteiger partial charge in [0.15, 0.2) is 0 Å². The second-order valence-electron chi connectivity index (χ2n) is 8.55. The first-order valence-corrected chi connectivity index (χ1v) is 12.3. The number of carbonyl (C=O) groups is 1. The number of rotatable bonds is 9. The van der Waals surface area contributed by atoms with E-state index in [-0.39, 0.29) is 16.7 Å². The van der Waals surface area contributed by atoms with E-state index in [1.807, 2.05) is 32.9 Å². The summed E-state index contributed by atoms with van der Waals surface area (Å²) in [5.41, 5.74) is 1.91. The van der Waals surface area contributed by atoms with E-state index in [1.165, 1.54) is 12.8 Å². The minimum Gasteiger partial charge on any atom is -0.357 e. The molecular formula is C23H32N4O3S. The van der Waals surface area contributed by atoms with Gasteiger partial charge < -0.3 is 10.2 Å². The average molecular weight is 445 g/mol. The van der Waals surface area contributed by atoms with Gasteiger partial charge in [-0.15, -0.1) is 0 Å². The summed E-state index contributed by atoms with van der Waals surface area (Å²) in [4.78, 5) is 19.7. The van der Waals surface area contributed by atoms with Crippen LogP contribution in [-0.4, -0.2) is 38.4 Å². The number of amides is 1. The summed E-state index contributed by atoms with van der Waals surface area (Å²) < 4.78 is 28.2. The number of nitrogens with zero attached hydrogens (tertiary/aromatic N) is 2. The van der Waals surface area contributed by atoms with Crippen molar-refractivity contribution in [3.8, 4) is 0 Å². The SMILES string of the molecule is Cc1ccc(S(=O)(=O)NC(CC(C)C)C(=O)NCc2ccnc(N3CCCC3)c2)cc1. The van der Waals surface area contributed by atoms with Gasteiger partial charge in [0.2, 0.25) is 15.9 Å². The van der Waals surface area contributed by atoms with Crippen LogP contribution in [0.25, 0.3) is 0 Å². The first-order valence-electron chi connectivity index (χ1n) is 10.8. The topological polar surface area (TPSA) is 91.4 Å². The summed E-state index contributed by atoms with van der Waals surface area (Å²) in [6.45, 7) is 8.15. The summed E-state index contributed by atoms with van der Waals surface area (Å²) in [5.74, 6) is 0.742. The molecule has 2 N–H and O–H groups in total. The highest BCUT2D eigenvalue weighted by molar-refractivity contribution is 7.89. The Labute approximate surface area is 185 Å². The van der Waals surface area contributed by atoms with E-state index in [1.54, 1.807) is 30.5 Å². The Morgan fingerprint density at radius 3 is 2.45 bits per heavy atom. The van der Waals surface area contributed by atoms with Crippen LogP contribution in [0.4, 0.5) is 5.82 Å². The van der Waals surface area contributed by atoms with E-state index in [4.69, 9.17) is 0 Å². The summed E-state index contributed by atoms with van der Waals surface area (Å²) in [6, 6.07) is 9.61. The second kappa shape index (κ2) is 10.2. The van der Waals surface area contributed by atoms with Crippen molar-refractivity contribution in [3.05, 3.63) is 53.7 Å². The first-order chi connectivity index (χ1) is 14.7. The van der Waals surface area contributed by atoms with Crippen LogP contribution in [0.1, 0.15) is 44.2 Å². The Balaban J connectivity index is 1.67. The van der Waals surface area contributed by atoms with Gasteiger partial charge in [0.05, 0.1) is 4.90 Å². The van der Waals surface area contributed by atoms with Crippen LogP contribution < -0.4 is 14.9 Å². The highest BCUT2D eigenvalue weighted by atomic mass is 32.2. The highest BCUT2D eigenvalue weighted by Gasteiger charge is 2.26. The molecule has 168 valence electrons. The average Bonchev–Trinajstić information content (AvgIpc) is 3.26. The lowest BCUT2D eigenvalue weighted by Crippen LogP contribution is -2.47. The Morgan fingerprint density at radius 2 is 1.81 bits per heavy atom. The zero-order valence-electron chi connectivity index (χ0n) is 18.5. The van der Waals surface area contributed by atoms with Gasteiger partial charge in [-0.25, -0.2) is 13.4 Å². The summed E-state index contributed by atoms with van der Waals surface area (Å²) in [6.07, 6.45) is 4.49. The van der Waals surface area contributed by atoms with Crippen LogP contribution in [0.3, 0.4) is 0 Å². The number of aryl methyl sites for hydroxylation is 1. The molecule has 1 aliphatic rings. The normalized spacial score (nSPS) is 15.3. The van der Waals surface area contributed by atoms with Crippen molar-refractivity contribution in [2.24, 2.45) is 5.92 Å². The van der Waals surface area contributed by atoms with Crippen molar-refractivity contribution < 1.29 is 13.2 Å². The molecule has 0 bridgehead atoms. The first kappa shape index (κ1) is 23.2. The Hall–Kier alpha value is -2.45. The number of sulfonamides is 1. The fraction of sp³-hybridized carbons (Fsp3) is 0.478. The molecule has 2 heterocycles. The minimum atomic E-state index is -3.80. The second-order valence-corrected chi connectivity index (χ2v) is 10.3. The molecular weight excluding hydrogens is 412 g/mol. The molecule has 7 nitrogen and oxygen atoms in total. The van der Waals surface area contributed by atoms with Gasteiger partial charge in [0, 0.05) is 25.8 Å². The van der Waals surface area contributed by atoms with Crippen molar-refractivity contribution in [3.63, 3.8) is 0 Å². The lowest BCUT2D eigenvalue weighted by Gasteiger charge is -2.21. The third kappa shape index (κ3) is 6.51. The predicted octanol–water partition coefficient (Wildman–Crippen LogP) is 3.00. The molecule has 3 rings (SSSR count). The van der Waals surface area contributed by atoms with Crippen molar-refractivity contribution in [2.45, 2.75) is 57.5 Å². The van der Waals surface area contributed by atoms with Crippen molar-refractivity contribution >= 4 is 21.7 Å². The summed E-state index contributed by atoms with van der Waals surface area (Å²) >= 11 is 0. The van der Waals surface area contributed by atoms with Crippen molar-refractivity contribution in [1.29, 1.82) is 0 Å². The maximum Gasteiger partial charge on any atom is 0.241 e. The molecule has 0 saturated carbocycles. The lowest BCUT2D eigenvalue weighted by atomic mass is 10.0. The van der Waals surface area contributed by atoms with E-state index in [0.29, 0.717) is 13.0 Å². The molecule has 31 heavy (non-hydrogen) atoms. The standard InChI is InChI=1S/C23H32N4O3S/c1-17(2)14-21(26-31(29,30)20-8-6-18(3)7-9-20)23(28)25-16-19-10-11-24-22(15-19)27-12-4-5-13-27/h6-11,15,17,21,26H,4-5,12-14,16H2,1-3H3,(H,25,28). The van der Waals surface area contributed by atoms with Crippen molar-refractivity contribution in [2.75, 3.05) is 18.0 Å². The number of nitrogens with one attached hydrogen (secondary N) is 2. The molecule has 1 aromatic heterocycles. The Kier molecular flexibility index (Phi) is 7.67. The number of hydrogen-bond donors (Lipinski definition) is 2. The van der Waals surface area contributed by atoms with E-state index in [0.717, 1.165) is 30.0 Å². The molecule has 1 amide bonds. The maximum atomic E-state index is 12.9. The van der Waals surface area contributed by atoms with Gasteiger partial charge in [-0.1, -0.05) is 31.5 Å². The third-order valence-electron chi connectivity index (χ3n) is 5.36. The number of pyridine rings is 1. The number of hydrogen-bond acceptors (Lipinski definition) is 5. The molecule has 1 fully saturated rings. The number of carbonyl (C=O) groups excluding carboxylic acids is 1. The Morgan fingerprint density at radius 1 is 1.13 bits per heavy atom. The maximum absolute atomic E-state index is 12.9. The minimum absolute atomic E-state index is 0.152. The molecule has 1 aromatic carbocycles. The molecule has 1 saturated heterocycles. The monoisotopic (exact) mass is 444 g/mol. The molecule has 1 unspecified atom stereocenters. The van der Waals surface area contributed by atoms with E-state index < -0.39 is 16.1 Å². The van der Waals surface area contributed by atoms with Gasteiger partial charge in [-0.3, -0.25) is 4.79 Å². The molecule has 1 atom stereocenters. The van der Waals surface area contributed by atoms with E-state index in [9.17, 15) is 13.2 Å². The van der Waals surface area contributed by atoms with Gasteiger partial charge in [-0.2, -0.15) is 4.72 Å². The lowest BCUT2D eigenvalue weighted by molar-refractivity contribution is -0.123. The fourth-order valence-electron chi connectivity index (χ4n) is 3.65. The highest BCUT2D eigenvalue weighted by Crippen LogP contribution is 2.19. The van der Waals surface area contributed by atoms with Gasteiger partial charge in [0.25, 0.3) is 0 Å². The number of benzene rings is 1. The van der Waals surface area contributed by atoms with Crippen LogP contribution >= 0.6 is 0 Å². The third-order valence-corrected chi connectivity index (χ3v) is 6.85. The fourth-order valence-corrected chi connectivity index (χ4v) is 4.86. The molecule has 1 aliphatic heterocycles. The van der Waals surface area contributed by atoms with Crippen LogP contribution in [-0.2, 0) is 21.4 Å². The Bertz CT molecular complexity index is 984. The van der Waals surface area contributed by atoms with Gasteiger partial charge >= 0.3 is 0 Å². The van der Waals surface area contributed by atoms with Gasteiger partial charge in [0.1, 0.15) is 11.9 Å². The van der Waals surface area contributed by atoms with Crippen LogP contribution in [0, 0.1) is 12.8 Å². The number of anilines is 1. The predicted molar refractivity (Wildman–Crippen MR) is 122 cm³/mol. The molecule has 0 aliphatic carbocycles. The molecule has 0 spiro atoms. The quantitative estimate of drug-likeness (QED) is 0.620. The van der Waals surface area contributed by atoms with Crippen LogP contribution in [0.5, 0.6) is 0 Å². The van der Waals surface area contributed by atoms with Gasteiger partial charge in [-0.05, 0) is 61.9 Å². The molecule has 2 aromatic rings. The number of aromatic nitrogens is 1. The molecule has 0 radical (unpaired) electrons. The largest absolute Gasteiger partial charge is 0.357 e. The molecule has 8 heteroatoms. The van der Waals surface area contributed by atoms with Crippen molar-refractivity contribution in [1.82, 2.24) is 15.0 Å². The zero-order valence-corrected chi connectivity index (χ0v) is 19.3. The van der Waals surface area contributed by atoms with Crippen LogP contribution in [0.2, 0.25) is 0 Å². The van der Waals surface area contributed by atoms with E-state index in [2.05, 4.69) is 19.9 Å². The summed E-state index contributed by atoms with van der Waals surface area (Å²) in [7, 11) is -3.80. The zero-order chi connectivity index (χ0) is 22.4. The summed E-state index contributed by atoms with van der Waals surface area (Å²) in [5, 5.41) is 2.89.